The van der Waals surface area contributed by atoms with Crippen LogP contribution in [0.5, 0.6) is 0 Å². The second-order valence-corrected chi connectivity index (χ2v) is 2.47. The van der Waals surface area contributed by atoms with Crippen molar-refractivity contribution in [3.05, 3.63) is 0 Å². The van der Waals surface area contributed by atoms with Gasteiger partial charge in [-0.2, -0.15) is 0 Å². The van der Waals surface area contributed by atoms with Crippen LogP contribution in [0, 0.1) is 12.3 Å². The van der Waals surface area contributed by atoms with Gasteiger partial charge in [-0.25, -0.2) is 4.79 Å². The molecular formula is C7H12N2O. The van der Waals surface area contributed by atoms with Crippen LogP contribution in [-0.2, 0) is 0 Å². The molecule has 0 aliphatic carbocycles. The third-order valence-corrected chi connectivity index (χ3v) is 1.01. The molecule has 0 aromatic carbocycles. The van der Waals surface area contributed by atoms with E-state index < -0.39 is 5.54 Å². The highest BCUT2D eigenvalue weighted by Crippen LogP contribution is 1.96. The fourth-order valence-corrected chi connectivity index (χ4v) is 0.382. The number of amides is 2. The van der Waals surface area contributed by atoms with Crippen LogP contribution in [0.1, 0.15) is 13.8 Å². The summed E-state index contributed by atoms with van der Waals surface area (Å²) in [6, 6.07) is -0.261. The third kappa shape index (κ3) is 2.98. The van der Waals surface area contributed by atoms with Crippen LogP contribution in [0.3, 0.4) is 0 Å². The van der Waals surface area contributed by atoms with Gasteiger partial charge in [0.2, 0.25) is 0 Å². The van der Waals surface area contributed by atoms with E-state index in [9.17, 15) is 4.79 Å². The minimum atomic E-state index is -0.569. The normalized spacial score (nSPS) is 9.80. The Morgan fingerprint density at radius 2 is 2.10 bits per heavy atom. The zero-order valence-electron chi connectivity index (χ0n) is 6.49. The van der Waals surface area contributed by atoms with Crippen molar-refractivity contribution in [1.29, 1.82) is 0 Å². The van der Waals surface area contributed by atoms with E-state index in [-0.39, 0.29) is 6.03 Å². The summed E-state index contributed by atoms with van der Waals surface area (Å²) in [6.07, 6.45) is 5.12. The fourth-order valence-electron chi connectivity index (χ4n) is 0.382. The molecule has 0 spiro atoms. The first-order valence-electron chi connectivity index (χ1n) is 2.99. The van der Waals surface area contributed by atoms with Crippen LogP contribution < -0.4 is 10.6 Å². The minimum Gasteiger partial charge on any atom is -0.341 e. The quantitative estimate of drug-likeness (QED) is 0.506. The van der Waals surface area contributed by atoms with Gasteiger partial charge in [-0.1, -0.05) is 5.92 Å². The molecule has 0 bridgehead atoms. The van der Waals surface area contributed by atoms with E-state index >= 15 is 0 Å². The van der Waals surface area contributed by atoms with Crippen molar-refractivity contribution in [2.24, 2.45) is 0 Å². The number of urea groups is 1. The van der Waals surface area contributed by atoms with Crippen LogP contribution in [0.2, 0.25) is 0 Å². The number of rotatable bonds is 1. The van der Waals surface area contributed by atoms with Crippen molar-refractivity contribution in [3.8, 4) is 12.3 Å². The van der Waals surface area contributed by atoms with Crippen LogP contribution in [0.4, 0.5) is 4.79 Å². The van der Waals surface area contributed by atoms with Gasteiger partial charge in [-0.3, -0.25) is 0 Å². The van der Waals surface area contributed by atoms with Crippen LogP contribution >= 0.6 is 0 Å². The predicted octanol–water partition coefficient (Wildman–Crippen LogP) is 0.327. The van der Waals surface area contributed by atoms with E-state index in [1.54, 1.807) is 20.9 Å². The zero-order chi connectivity index (χ0) is 8.20. The Morgan fingerprint density at radius 1 is 1.60 bits per heavy atom. The molecule has 2 amide bonds. The number of carbonyl (C=O) groups excluding carboxylic acids is 1. The molecule has 0 saturated carbocycles. The van der Waals surface area contributed by atoms with Gasteiger partial charge in [-0.15, -0.1) is 6.42 Å². The average molecular weight is 140 g/mol. The van der Waals surface area contributed by atoms with Gasteiger partial charge in [0.25, 0.3) is 0 Å². The van der Waals surface area contributed by atoms with E-state index in [2.05, 4.69) is 16.6 Å². The first-order valence-corrected chi connectivity index (χ1v) is 2.99. The van der Waals surface area contributed by atoms with Crippen LogP contribution in [-0.4, -0.2) is 18.6 Å². The van der Waals surface area contributed by atoms with Gasteiger partial charge in [-0.05, 0) is 13.8 Å². The van der Waals surface area contributed by atoms with Gasteiger partial charge in [0.15, 0.2) is 0 Å². The second kappa shape index (κ2) is 3.11. The van der Waals surface area contributed by atoms with Gasteiger partial charge in [0, 0.05) is 7.05 Å². The van der Waals surface area contributed by atoms with Crippen molar-refractivity contribution in [1.82, 2.24) is 10.6 Å². The molecule has 3 heteroatoms. The predicted molar refractivity (Wildman–Crippen MR) is 40.5 cm³/mol. The molecular weight excluding hydrogens is 128 g/mol. The summed E-state index contributed by atoms with van der Waals surface area (Å²) in [6.45, 7) is 3.50. The molecule has 0 atom stereocenters. The molecule has 10 heavy (non-hydrogen) atoms. The van der Waals surface area contributed by atoms with Crippen LogP contribution in [0.15, 0.2) is 0 Å². The van der Waals surface area contributed by atoms with E-state index in [0.717, 1.165) is 0 Å². The first kappa shape index (κ1) is 8.83. The molecule has 0 radical (unpaired) electrons. The lowest BCUT2D eigenvalue weighted by atomic mass is 10.1. The molecule has 0 heterocycles. The molecule has 0 aromatic rings. The number of hydrogen-bond acceptors (Lipinski definition) is 1. The smallest absolute Gasteiger partial charge is 0.315 e. The summed E-state index contributed by atoms with van der Waals surface area (Å²) in [7, 11) is 1.54. The lowest BCUT2D eigenvalue weighted by Crippen LogP contribution is -2.46. The molecule has 0 fully saturated rings. The number of nitrogens with one attached hydrogen (secondary N) is 2. The van der Waals surface area contributed by atoms with E-state index in [1.807, 2.05) is 0 Å². The summed E-state index contributed by atoms with van der Waals surface area (Å²) in [5, 5.41) is 4.98. The molecule has 2 N–H and O–H groups in total. The van der Waals surface area contributed by atoms with Crippen molar-refractivity contribution >= 4 is 6.03 Å². The third-order valence-electron chi connectivity index (χ3n) is 1.01. The molecule has 0 aliphatic heterocycles. The maximum atomic E-state index is 10.7. The molecule has 0 aliphatic rings. The molecule has 0 aromatic heterocycles. The summed E-state index contributed by atoms with van der Waals surface area (Å²) < 4.78 is 0. The van der Waals surface area contributed by atoms with E-state index in [4.69, 9.17) is 6.42 Å². The van der Waals surface area contributed by atoms with Gasteiger partial charge in [0.1, 0.15) is 0 Å². The lowest BCUT2D eigenvalue weighted by molar-refractivity contribution is 0.237. The first-order chi connectivity index (χ1) is 4.52. The van der Waals surface area contributed by atoms with Crippen molar-refractivity contribution in [2.75, 3.05) is 7.05 Å². The summed E-state index contributed by atoms with van der Waals surface area (Å²) in [5.41, 5.74) is -0.569. The molecule has 3 nitrogen and oxygen atoms in total. The topological polar surface area (TPSA) is 41.1 Å². The molecule has 0 unspecified atom stereocenters. The van der Waals surface area contributed by atoms with Gasteiger partial charge >= 0.3 is 6.03 Å². The molecule has 56 valence electrons. The number of hydrogen-bond donors (Lipinski definition) is 2. The highest BCUT2D eigenvalue weighted by molar-refractivity contribution is 5.74. The Kier molecular flexibility index (Phi) is 2.75. The Bertz CT molecular complexity index is 167. The minimum absolute atomic E-state index is 0.261. The van der Waals surface area contributed by atoms with Crippen molar-refractivity contribution in [3.63, 3.8) is 0 Å². The van der Waals surface area contributed by atoms with E-state index in [0.29, 0.717) is 0 Å². The van der Waals surface area contributed by atoms with Crippen LogP contribution in [0.25, 0.3) is 0 Å². The van der Waals surface area contributed by atoms with Crippen molar-refractivity contribution in [2.45, 2.75) is 19.4 Å². The SMILES string of the molecule is C#CC(C)(C)NC(=O)NC. The molecule has 0 rings (SSSR count). The lowest BCUT2D eigenvalue weighted by Gasteiger charge is -2.18. The zero-order valence-corrected chi connectivity index (χ0v) is 6.49. The standard InChI is InChI=1S/C7H12N2O/c1-5-7(2,3)9-6(10)8-4/h1H,2-4H3,(H2,8,9,10). The Hall–Kier alpha value is -1.17. The van der Waals surface area contributed by atoms with Gasteiger partial charge < -0.3 is 10.6 Å². The Labute approximate surface area is 61.2 Å². The summed E-state index contributed by atoms with van der Waals surface area (Å²) in [4.78, 5) is 10.7. The van der Waals surface area contributed by atoms with E-state index in [1.165, 1.54) is 0 Å². The average Bonchev–Trinajstić information content (AvgIpc) is 1.87. The Balaban J connectivity index is 3.92. The fraction of sp³-hybridized carbons (Fsp3) is 0.571. The maximum absolute atomic E-state index is 10.7. The Morgan fingerprint density at radius 3 is 2.40 bits per heavy atom. The number of carbonyl (C=O) groups is 1. The highest BCUT2D eigenvalue weighted by Gasteiger charge is 2.14. The second-order valence-electron chi connectivity index (χ2n) is 2.47. The highest BCUT2D eigenvalue weighted by atomic mass is 16.2. The van der Waals surface area contributed by atoms with Crippen molar-refractivity contribution < 1.29 is 4.79 Å². The maximum Gasteiger partial charge on any atom is 0.315 e. The summed E-state index contributed by atoms with van der Waals surface area (Å²) in [5.74, 6) is 2.43. The van der Waals surface area contributed by atoms with Gasteiger partial charge in [0.05, 0.1) is 5.54 Å². The summed E-state index contributed by atoms with van der Waals surface area (Å²) >= 11 is 0. The molecule has 0 saturated heterocycles. The monoisotopic (exact) mass is 140 g/mol. The largest absolute Gasteiger partial charge is 0.341 e. The number of terminal acetylenes is 1.